The van der Waals surface area contributed by atoms with Crippen LogP contribution in [0.3, 0.4) is 0 Å². The number of rotatable bonds is 6. The van der Waals surface area contributed by atoms with Gasteiger partial charge in [0.05, 0.1) is 7.11 Å². The maximum absolute atomic E-state index is 13.2. The van der Waals surface area contributed by atoms with E-state index in [0.717, 1.165) is 30.4 Å². The average molecular weight is 395 g/mol. The molecule has 0 heterocycles. The number of benzene rings is 2. The Balaban J connectivity index is 1.69. The maximum atomic E-state index is 13.2. The number of carbonyl (C=O) groups is 2. The van der Waals surface area contributed by atoms with Crippen LogP contribution in [0.4, 0.5) is 4.79 Å². The monoisotopic (exact) mass is 395 g/mol. The van der Waals surface area contributed by atoms with E-state index in [0.29, 0.717) is 24.2 Å². The highest BCUT2D eigenvalue weighted by Crippen LogP contribution is 2.47. The number of hydrogen-bond donors (Lipinski definition) is 1. The van der Waals surface area contributed by atoms with Gasteiger partial charge in [-0.05, 0) is 60.9 Å². The molecule has 6 nitrogen and oxygen atoms in total. The SMILES string of the molecule is COc1ccc2c(c1)CCCC2(C(=O)O)N(C(=O)OCc1ccccc1)C1CC1. The Morgan fingerprint density at radius 2 is 1.93 bits per heavy atom. The third-order valence-electron chi connectivity index (χ3n) is 5.82. The Hall–Kier alpha value is -3.02. The molecule has 0 aliphatic heterocycles. The number of amides is 1. The van der Waals surface area contributed by atoms with Crippen LogP contribution in [-0.4, -0.2) is 35.2 Å². The molecule has 0 radical (unpaired) electrons. The van der Waals surface area contributed by atoms with Gasteiger partial charge in [-0.3, -0.25) is 4.90 Å². The number of ether oxygens (including phenoxy) is 2. The molecular weight excluding hydrogens is 370 g/mol. The number of aliphatic carboxylic acids is 1. The van der Waals surface area contributed by atoms with Crippen molar-refractivity contribution in [2.45, 2.75) is 50.3 Å². The smallest absolute Gasteiger partial charge is 0.411 e. The van der Waals surface area contributed by atoms with Crippen molar-refractivity contribution in [3.05, 3.63) is 65.2 Å². The number of carbonyl (C=O) groups excluding carboxylic acids is 1. The van der Waals surface area contributed by atoms with E-state index in [1.54, 1.807) is 19.2 Å². The Labute approximate surface area is 170 Å². The number of methoxy groups -OCH3 is 1. The normalized spacial score (nSPS) is 20.4. The third-order valence-corrected chi connectivity index (χ3v) is 5.82. The van der Waals surface area contributed by atoms with Crippen LogP contribution in [0.5, 0.6) is 5.75 Å². The number of nitrogens with zero attached hydrogens (tertiary/aromatic N) is 1. The van der Waals surface area contributed by atoms with Crippen molar-refractivity contribution in [2.75, 3.05) is 7.11 Å². The minimum Gasteiger partial charge on any atom is -0.497 e. The van der Waals surface area contributed by atoms with E-state index >= 15 is 0 Å². The first kappa shape index (κ1) is 19.3. The van der Waals surface area contributed by atoms with Gasteiger partial charge in [0.25, 0.3) is 0 Å². The second kappa shape index (κ2) is 7.78. The lowest BCUT2D eigenvalue weighted by atomic mass is 9.75. The molecule has 4 rings (SSSR count). The van der Waals surface area contributed by atoms with E-state index in [1.807, 2.05) is 36.4 Å². The van der Waals surface area contributed by atoms with Crippen molar-refractivity contribution in [3.63, 3.8) is 0 Å². The van der Waals surface area contributed by atoms with Gasteiger partial charge < -0.3 is 14.6 Å². The molecular formula is C23H25NO5. The number of aryl methyl sites for hydroxylation is 1. The molecule has 2 aromatic carbocycles. The molecule has 0 spiro atoms. The summed E-state index contributed by atoms with van der Waals surface area (Å²) < 4.78 is 10.9. The standard InChI is InChI=1S/C23H25NO5/c1-28-19-11-12-20-17(14-19)8-5-13-23(20,21(25)26)24(18-9-10-18)22(27)29-15-16-6-3-2-4-7-16/h2-4,6-7,11-12,14,18H,5,8-10,13,15H2,1H3,(H,25,26). The summed E-state index contributed by atoms with van der Waals surface area (Å²) in [4.78, 5) is 27.3. The fraction of sp³-hybridized carbons (Fsp3) is 0.391. The Morgan fingerprint density at radius 1 is 1.17 bits per heavy atom. The highest BCUT2D eigenvalue weighted by atomic mass is 16.6. The lowest BCUT2D eigenvalue weighted by Crippen LogP contribution is -2.57. The molecule has 0 saturated heterocycles. The largest absolute Gasteiger partial charge is 0.497 e. The molecule has 2 aliphatic rings. The lowest BCUT2D eigenvalue weighted by molar-refractivity contribution is -0.153. The van der Waals surface area contributed by atoms with Crippen LogP contribution in [0, 0.1) is 0 Å². The number of carboxylic acid groups (broad SMARTS) is 1. The van der Waals surface area contributed by atoms with Gasteiger partial charge >= 0.3 is 12.1 Å². The van der Waals surface area contributed by atoms with Crippen molar-refractivity contribution in [3.8, 4) is 5.75 Å². The molecule has 0 aromatic heterocycles. The summed E-state index contributed by atoms with van der Waals surface area (Å²) in [5, 5.41) is 10.4. The van der Waals surface area contributed by atoms with Crippen LogP contribution in [-0.2, 0) is 28.1 Å². The van der Waals surface area contributed by atoms with Crippen LogP contribution in [0.15, 0.2) is 48.5 Å². The van der Waals surface area contributed by atoms with Gasteiger partial charge in [0.1, 0.15) is 12.4 Å². The number of hydrogen-bond acceptors (Lipinski definition) is 4. The Bertz CT molecular complexity index is 909. The zero-order chi connectivity index (χ0) is 20.4. The second-order valence-corrected chi connectivity index (χ2v) is 7.68. The van der Waals surface area contributed by atoms with Crippen LogP contribution in [0.1, 0.15) is 42.4 Å². The average Bonchev–Trinajstić information content (AvgIpc) is 3.57. The van der Waals surface area contributed by atoms with Gasteiger partial charge in [0.15, 0.2) is 5.54 Å². The van der Waals surface area contributed by atoms with Crippen molar-refractivity contribution in [1.82, 2.24) is 4.90 Å². The van der Waals surface area contributed by atoms with Gasteiger partial charge in [0, 0.05) is 6.04 Å². The summed E-state index contributed by atoms with van der Waals surface area (Å²) in [6.45, 7) is 0.119. The summed E-state index contributed by atoms with van der Waals surface area (Å²) in [6.07, 6.45) is 2.84. The van der Waals surface area contributed by atoms with Gasteiger partial charge in [-0.15, -0.1) is 0 Å². The third kappa shape index (κ3) is 3.55. The van der Waals surface area contributed by atoms with Crippen molar-refractivity contribution >= 4 is 12.1 Å². The quantitative estimate of drug-likeness (QED) is 0.796. The van der Waals surface area contributed by atoms with E-state index in [-0.39, 0.29) is 12.6 Å². The topological polar surface area (TPSA) is 76.1 Å². The van der Waals surface area contributed by atoms with E-state index in [2.05, 4.69) is 0 Å². The molecule has 1 unspecified atom stereocenters. The highest BCUT2D eigenvalue weighted by molar-refractivity contribution is 5.87. The van der Waals surface area contributed by atoms with E-state index in [1.165, 1.54) is 4.90 Å². The van der Waals surface area contributed by atoms with Gasteiger partial charge in [-0.2, -0.15) is 0 Å². The minimum atomic E-state index is -1.41. The fourth-order valence-electron chi connectivity index (χ4n) is 4.29. The predicted octanol–water partition coefficient (Wildman–Crippen LogP) is 4.11. The van der Waals surface area contributed by atoms with Crippen LogP contribution in [0.25, 0.3) is 0 Å². The van der Waals surface area contributed by atoms with E-state index in [9.17, 15) is 14.7 Å². The summed E-state index contributed by atoms with van der Waals surface area (Å²) in [5.74, 6) is -0.318. The fourth-order valence-corrected chi connectivity index (χ4v) is 4.29. The molecule has 2 aromatic rings. The van der Waals surface area contributed by atoms with E-state index in [4.69, 9.17) is 9.47 Å². The molecule has 152 valence electrons. The molecule has 1 N–H and O–H groups in total. The zero-order valence-electron chi connectivity index (χ0n) is 16.5. The summed E-state index contributed by atoms with van der Waals surface area (Å²) >= 11 is 0. The van der Waals surface area contributed by atoms with Crippen LogP contribution >= 0.6 is 0 Å². The minimum absolute atomic E-state index is 0.109. The molecule has 0 bridgehead atoms. The summed E-state index contributed by atoms with van der Waals surface area (Å²) in [6, 6.07) is 14.7. The van der Waals surface area contributed by atoms with Gasteiger partial charge in [-0.25, -0.2) is 9.59 Å². The predicted molar refractivity (Wildman–Crippen MR) is 107 cm³/mol. The number of fused-ring (bicyclic) bond motifs is 1. The van der Waals surface area contributed by atoms with Crippen LogP contribution < -0.4 is 4.74 Å². The highest BCUT2D eigenvalue weighted by Gasteiger charge is 2.55. The Morgan fingerprint density at radius 3 is 2.59 bits per heavy atom. The number of carboxylic acids is 1. The summed E-state index contributed by atoms with van der Waals surface area (Å²) in [7, 11) is 1.59. The van der Waals surface area contributed by atoms with Crippen molar-refractivity contribution in [2.24, 2.45) is 0 Å². The molecule has 2 aliphatic carbocycles. The second-order valence-electron chi connectivity index (χ2n) is 7.68. The van der Waals surface area contributed by atoms with Crippen molar-refractivity contribution in [1.29, 1.82) is 0 Å². The first-order valence-electron chi connectivity index (χ1n) is 9.97. The first-order chi connectivity index (χ1) is 14.1. The van der Waals surface area contributed by atoms with Gasteiger partial charge in [-0.1, -0.05) is 36.4 Å². The van der Waals surface area contributed by atoms with Crippen molar-refractivity contribution < 1.29 is 24.2 Å². The van der Waals surface area contributed by atoms with Crippen LogP contribution in [0.2, 0.25) is 0 Å². The zero-order valence-corrected chi connectivity index (χ0v) is 16.5. The van der Waals surface area contributed by atoms with Gasteiger partial charge in [0.2, 0.25) is 0 Å². The summed E-state index contributed by atoms with van der Waals surface area (Å²) in [5.41, 5.74) is 1.05. The molecule has 6 heteroatoms. The lowest BCUT2D eigenvalue weighted by Gasteiger charge is -2.43. The Kier molecular flexibility index (Phi) is 5.18. The molecule has 1 atom stereocenters. The maximum Gasteiger partial charge on any atom is 0.411 e. The molecule has 1 amide bonds. The molecule has 29 heavy (non-hydrogen) atoms. The first-order valence-corrected chi connectivity index (χ1v) is 9.97. The molecule has 1 fully saturated rings. The van der Waals surface area contributed by atoms with E-state index < -0.39 is 17.6 Å². The molecule has 1 saturated carbocycles.